The van der Waals surface area contributed by atoms with Crippen molar-refractivity contribution in [2.24, 2.45) is 0 Å². The van der Waals surface area contributed by atoms with Crippen molar-refractivity contribution < 1.29 is 27.4 Å². The molecule has 1 N–H and O–H groups in total. The number of carbonyl (C=O) groups excluding carboxylic acids is 1. The summed E-state index contributed by atoms with van der Waals surface area (Å²) in [6.07, 6.45) is -0.229. The average molecular weight is 432 g/mol. The van der Waals surface area contributed by atoms with Crippen LogP contribution in [0.25, 0.3) is 0 Å². The molecule has 144 valence electrons. The van der Waals surface area contributed by atoms with Crippen LogP contribution in [0.2, 0.25) is 10.0 Å². The van der Waals surface area contributed by atoms with E-state index in [4.69, 9.17) is 32.7 Å². The van der Waals surface area contributed by atoms with Gasteiger partial charge in [-0.2, -0.15) is 0 Å². The van der Waals surface area contributed by atoms with Gasteiger partial charge in [-0.1, -0.05) is 29.3 Å². The third-order valence-corrected chi connectivity index (χ3v) is 6.07. The van der Waals surface area contributed by atoms with Gasteiger partial charge in [-0.05, 0) is 35.9 Å². The molecule has 27 heavy (non-hydrogen) atoms. The zero-order valence-electron chi connectivity index (χ0n) is 14.1. The van der Waals surface area contributed by atoms with Crippen LogP contribution in [-0.4, -0.2) is 28.3 Å². The molecule has 2 aromatic carbocycles. The molecule has 0 bridgehead atoms. The standard InChI is InChI=1S/C17H15Cl2NO6S/c1-24-17(21)8-13(10-2-5-14-15(6-10)26-9-25-14)20-27(22,23)16-7-11(18)3-4-12(16)19/h2-7,13,20H,8-9H2,1H3/t13-/m0/s1. The average Bonchev–Trinajstić information content (AvgIpc) is 3.10. The Morgan fingerprint density at radius 1 is 1.19 bits per heavy atom. The van der Waals surface area contributed by atoms with Crippen LogP contribution in [0, 0.1) is 0 Å². The first-order chi connectivity index (χ1) is 12.8. The first-order valence-electron chi connectivity index (χ1n) is 7.74. The first-order valence-corrected chi connectivity index (χ1v) is 9.98. The number of rotatable bonds is 6. The van der Waals surface area contributed by atoms with Crippen molar-refractivity contribution >= 4 is 39.2 Å². The highest BCUT2D eigenvalue weighted by Crippen LogP contribution is 2.35. The molecule has 0 saturated carbocycles. The molecule has 2 aromatic rings. The number of hydrogen-bond donors (Lipinski definition) is 1. The van der Waals surface area contributed by atoms with Crippen LogP contribution >= 0.6 is 23.2 Å². The van der Waals surface area contributed by atoms with Crippen molar-refractivity contribution in [3.8, 4) is 11.5 Å². The fourth-order valence-electron chi connectivity index (χ4n) is 2.54. The minimum absolute atomic E-state index is 0.00871. The fourth-order valence-corrected chi connectivity index (χ4v) is 4.53. The van der Waals surface area contributed by atoms with Gasteiger partial charge in [-0.3, -0.25) is 4.79 Å². The number of fused-ring (bicyclic) bond motifs is 1. The Balaban J connectivity index is 1.96. The summed E-state index contributed by atoms with van der Waals surface area (Å²) in [5.74, 6) is 0.413. The number of carbonyl (C=O) groups is 1. The lowest BCUT2D eigenvalue weighted by molar-refractivity contribution is -0.141. The Hall–Kier alpha value is -2.00. The topological polar surface area (TPSA) is 90.9 Å². The summed E-state index contributed by atoms with van der Waals surface area (Å²) < 4.78 is 43.4. The van der Waals surface area contributed by atoms with Crippen molar-refractivity contribution in [3.05, 3.63) is 52.0 Å². The van der Waals surface area contributed by atoms with Crippen LogP contribution in [0.15, 0.2) is 41.3 Å². The summed E-state index contributed by atoms with van der Waals surface area (Å²) in [5.41, 5.74) is 0.506. The lowest BCUT2D eigenvalue weighted by Crippen LogP contribution is -2.30. The number of ether oxygens (including phenoxy) is 3. The first kappa shape index (κ1) is 19.8. The van der Waals surface area contributed by atoms with Crippen molar-refractivity contribution in [2.75, 3.05) is 13.9 Å². The van der Waals surface area contributed by atoms with E-state index >= 15 is 0 Å². The van der Waals surface area contributed by atoms with Crippen LogP contribution in [0.3, 0.4) is 0 Å². The molecule has 1 atom stereocenters. The van der Waals surface area contributed by atoms with E-state index in [1.807, 2.05) is 0 Å². The van der Waals surface area contributed by atoms with Gasteiger partial charge in [0.1, 0.15) is 4.90 Å². The molecular formula is C17H15Cl2NO6S. The molecule has 0 unspecified atom stereocenters. The van der Waals surface area contributed by atoms with E-state index in [2.05, 4.69) is 9.46 Å². The highest BCUT2D eigenvalue weighted by atomic mass is 35.5. The molecule has 0 saturated heterocycles. The quantitative estimate of drug-likeness (QED) is 0.705. The zero-order valence-corrected chi connectivity index (χ0v) is 16.4. The number of methoxy groups -OCH3 is 1. The minimum atomic E-state index is -4.07. The molecule has 1 heterocycles. The molecule has 3 rings (SSSR count). The molecule has 0 aromatic heterocycles. The summed E-state index contributed by atoms with van der Waals surface area (Å²) >= 11 is 11.9. The molecule has 0 radical (unpaired) electrons. The highest BCUT2D eigenvalue weighted by Gasteiger charge is 2.27. The lowest BCUT2D eigenvalue weighted by Gasteiger charge is -2.19. The SMILES string of the molecule is COC(=O)C[C@H](NS(=O)(=O)c1cc(Cl)ccc1Cl)c1ccc2c(c1)OCO2. The zero-order chi connectivity index (χ0) is 19.6. The molecule has 0 amide bonds. The summed E-state index contributed by atoms with van der Waals surface area (Å²) in [6, 6.07) is 8.08. The molecule has 10 heteroatoms. The Morgan fingerprint density at radius 2 is 1.93 bits per heavy atom. The van der Waals surface area contributed by atoms with Crippen LogP contribution in [0.4, 0.5) is 0 Å². The largest absolute Gasteiger partial charge is 0.469 e. The van der Waals surface area contributed by atoms with Crippen molar-refractivity contribution in [1.82, 2.24) is 4.72 Å². The van der Waals surface area contributed by atoms with E-state index in [-0.39, 0.29) is 28.2 Å². The monoisotopic (exact) mass is 431 g/mol. The van der Waals surface area contributed by atoms with Gasteiger partial charge < -0.3 is 14.2 Å². The Kier molecular flexibility index (Phi) is 5.81. The number of sulfonamides is 1. The van der Waals surface area contributed by atoms with Gasteiger partial charge in [0.2, 0.25) is 16.8 Å². The van der Waals surface area contributed by atoms with Crippen LogP contribution < -0.4 is 14.2 Å². The van der Waals surface area contributed by atoms with E-state index in [1.165, 1.54) is 25.3 Å². The third-order valence-electron chi connectivity index (χ3n) is 3.88. The fraction of sp³-hybridized carbons (Fsp3) is 0.235. The third kappa shape index (κ3) is 4.47. The van der Waals surface area contributed by atoms with Gasteiger partial charge in [0.05, 0.1) is 24.6 Å². The van der Waals surface area contributed by atoms with E-state index in [0.717, 1.165) is 0 Å². The van der Waals surface area contributed by atoms with Gasteiger partial charge in [-0.15, -0.1) is 0 Å². The van der Waals surface area contributed by atoms with Crippen molar-refractivity contribution in [2.45, 2.75) is 17.4 Å². The second kappa shape index (κ2) is 7.93. The summed E-state index contributed by atoms with van der Waals surface area (Å²) in [4.78, 5) is 11.6. The van der Waals surface area contributed by atoms with E-state index in [0.29, 0.717) is 17.1 Å². The molecule has 0 aliphatic carbocycles. The van der Waals surface area contributed by atoms with Crippen LogP contribution in [-0.2, 0) is 19.6 Å². The summed E-state index contributed by atoms with van der Waals surface area (Å²) in [5, 5.41) is 0.224. The second-order valence-electron chi connectivity index (χ2n) is 5.64. The summed E-state index contributed by atoms with van der Waals surface area (Å²) in [6.45, 7) is 0.0737. The maximum absolute atomic E-state index is 12.8. The van der Waals surface area contributed by atoms with Crippen molar-refractivity contribution in [1.29, 1.82) is 0 Å². The van der Waals surface area contributed by atoms with E-state index in [1.54, 1.807) is 18.2 Å². The number of hydrogen-bond acceptors (Lipinski definition) is 6. The van der Waals surface area contributed by atoms with Gasteiger partial charge in [0.25, 0.3) is 0 Å². The number of halogens is 2. The smallest absolute Gasteiger partial charge is 0.307 e. The molecule has 0 spiro atoms. The van der Waals surface area contributed by atoms with Gasteiger partial charge in [0.15, 0.2) is 11.5 Å². The second-order valence-corrected chi connectivity index (χ2v) is 8.17. The summed E-state index contributed by atoms with van der Waals surface area (Å²) in [7, 11) is -2.85. The highest BCUT2D eigenvalue weighted by molar-refractivity contribution is 7.89. The maximum atomic E-state index is 12.8. The van der Waals surface area contributed by atoms with Crippen molar-refractivity contribution in [3.63, 3.8) is 0 Å². The maximum Gasteiger partial charge on any atom is 0.307 e. The molecule has 7 nitrogen and oxygen atoms in total. The molecular weight excluding hydrogens is 417 g/mol. The predicted octanol–water partition coefficient (Wildman–Crippen LogP) is 3.30. The Bertz CT molecular complexity index is 979. The number of esters is 1. The van der Waals surface area contributed by atoms with Gasteiger partial charge >= 0.3 is 5.97 Å². The predicted molar refractivity (Wildman–Crippen MR) is 98.7 cm³/mol. The van der Waals surface area contributed by atoms with E-state index < -0.39 is 22.0 Å². The number of benzene rings is 2. The van der Waals surface area contributed by atoms with Gasteiger partial charge in [-0.25, -0.2) is 13.1 Å². The number of nitrogens with one attached hydrogen (secondary N) is 1. The van der Waals surface area contributed by atoms with E-state index in [9.17, 15) is 13.2 Å². The van der Waals surface area contributed by atoms with Crippen LogP contribution in [0.1, 0.15) is 18.0 Å². The lowest BCUT2D eigenvalue weighted by atomic mass is 10.0. The Labute approximate surface area is 166 Å². The molecule has 1 aliphatic heterocycles. The van der Waals surface area contributed by atoms with Crippen LogP contribution in [0.5, 0.6) is 11.5 Å². The normalized spacial score (nSPS) is 14.0. The minimum Gasteiger partial charge on any atom is -0.469 e. The van der Waals surface area contributed by atoms with Gasteiger partial charge in [0, 0.05) is 5.02 Å². The Morgan fingerprint density at radius 3 is 2.67 bits per heavy atom. The molecule has 1 aliphatic rings. The molecule has 0 fully saturated rings.